The summed E-state index contributed by atoms with van der Waals surface area (Å²) < 4.78 is 19.9. The maximum atomic E-state index is 14.6. The van der Waals surface area contributed by atoms with Crippen LogP contribution in [0.5, 0.6) is 0 Å². The second-order valence-corrected chi connectivity index (χ2v) is 7.96. The summed E-state index contributed by atoms with van der Waals surface area (Å²) in [5.74, 6) is 0.508. The van der Waals surface area contributed by atoms with Gasteiger partial charge >= 0.3 is 0 Å². The molecular formula is C20H28FN5OS. The lowest BCUT2D eigenvalue weighted by Crippen LogP contribution is -2.37. The van der Waals surface area contributed by atoms with E-state index in [-0.39, 0.29) is 5.82 Å². The fourth-order valence-corrected chi connectivity index (χ4v) is 4.00. The average Bonchev–Trinajstić information content (AvgIpc) is 3.02. The molecule has 0 saturated carbocycles. The van der Waals surface area contributed by atoms with Gasteiger partial charge in [0, 0.05) is 24.5 Å². The van der Waals surface area contributed by atoms with Gasteiger partial charge in [-0.2, -0.15) is 0 Å². The molecule has 8 heteroatoms. The van der Waals surface area contributed by atoms with Gasteiger partial charge in [-0.25, -0.2) is 14.4 Å². The summed E-state index contributed by atoms with van der Waals surface area (Å²) >= 11 is 1.69. The molecule has 2 N–H and O–H groups in total. The van der Waals surface area contributed by atoms with Crippen LogP contribution in [0, 0.1) is 19.7 Å². The molecule has 0 radical (unpaired) electrons. The summed E-state index contributed by atoms with van der Waals surface area (Å²) in [4.78, 5) is 12.3. The maximum absolute atomic E-state index is 14.6. The first-order valence-corrected chi connectivity index (χ1v) is 10.4. The number of rotatable bonds is 6. The van der Waals surface area contributed by atoms with Crippen molar-refractivity contribution in [2.24, 2.45) is 4.99 Å². The van der Waals surface area contributed by atoms with Crippen LogP contribution in [-0.4, -0.2) is 43.8 Å². The highest BCUT2D eigenvalue weighted by Crippen LogP contribution is 2.22. The molecule has 0 unspecified atom stereocenters. The molecule has 1 saturated heterocycles. The number of thiazole rings is 1. The van der Waals surface area contributed by atoms with Crippen LogP contribution in [0.2, 0.25) is 0 Å². The zero-order valence-electron chi connectivity index (χ0n) is 16.7. The standard InChI is InChI=1S/C20H28FN5OS/c1-4-22-20(24-13-19-14(2)25-15(3)28-19)23-12-16-5-6-18(17(21)11-16)26-7-9-27-10-8-26/h5-6,11H,4,7-10,12-13H2,1-3H3,(H2,22,23,24). The highest BCUT2D eigenvalue weighted by Gasteiger charge is 2.15. The zero-order valence-corrected chi connectivity index (χ0v) is 17.5. The highest BCUT2D eigenvalue weighted by molar-refractivity contribution is 7.11. The van der Waals surface area contributed by atoms with Crippen molar-refractivity contribution in [3.05, 3.63) is 45.2 Å². The number of morpholine rings is 1. The van der Waals surface area contributed by atoms with Gasteiger partial charge in [0.25, 0.3) is 0 Å². The van der Waals surface area contributed by atoms with E-state index in [0.29, 0.717) is 38.0 Å². The Morgan fingerprint density at radius 3 is 2.71 bits per heavy atom. The predicted molar refractivity (Wildman–Crippen MR) is 113 cm³/mol. The second-order valence-electron chi connectivity index (χ2n) is 6.68. The first kappa shape index (κ1) is 20.5. The van der Waals surface area contributed by atoms with Crippen LogP contribution in [0.15, 0.2) is 23.2 Å². The summed E-state index contributed by atoms with van der Waals surface area (Å²) in [6.45, 7) is 10.6. The largest absolute Gasteiger partial charge is 0.378 e. The van der Waals surface area contributed by atoms with E-state index >= 15 is 0 Å². The van der Waals surface area contributed by atoms with Crippen LogP contribution in [0.25, 0.3) is 0 Å². The van der Waals surface area contributed by atoms with Crippen molar-refractivity contribution in [2.45, 2.75) is 33.9 Å². The van der Waals surface area contributed by atoms with Gasteiger partial charge in [-0.05, 0) is 38.5 Å². The minimum Gasteiger partial charge on any atom is -0.378 e. The van der Waals surface area contributed by atoms with Gasteiger partial charge in [0.2, 0.25) is 0 Å². The first-order valence-electron chi connectivity index (χ1n) is 9.63. The molecule has 1 aliphatic rings. The zero-order chi connectivity index (χ0) is 19.9. The van der Waals surface area contributed by atoms with E-state index in [1.807, 2.05) is 37.8 Å². The number of benzene rings is 1. The average molecular weight is 406 g/mol. The monoisotopic (exact) mass is 405 g/mol. The fraction of sp³-hybridized carbons (Fsp3) is 0.500. The van der Waals surface area contributed by atoms with Crippen LogP contribution < -0.4 is 15.5 Å². The number of nitrogens with zero attached hydrogens (tertiary/aromatic N) is 3. The van der Waals surface area contributed by atoms with Crippen LogP contribution in [0.1, 0.15) is 28.1 Å². The SMILES string of the molecule is CCNC(=NCc1ccc(N2CCOCC2)c(F)c1)NCc1sc(C)nc1C. The van der Waals surface area contributed by atoms with Gasteiger partial charge < -0.3 is 20.3 Å². The number of guanidine groups is 1. The molecule has 0 atom stereocenters. The van der Waals surface area contributed by atoms with Crippen LogP contribution in [-0.2, 0) is 17.8 Å². The molecule has 1 fully saturated rings. The number of halogens is 1. The third kappa shape index (κ3) is 5.42. The molecule has 2 aromatic rings. The molecule has 3 rings (SSSR count). The van der Waals surface area contributed by atoms with Crippen molar-refractivity contribution in [3.8, 4) is 0 Å². The van der Waals surface area contributed by atoms with Gasteiger partial charge in [0.15, 0.2) is 5.96 Å². The van der Waals surface area contributed by atoms with Gasteiger partial charge in [-0.3, -0.25) is 0 Å². The quantitative estimate of drug-likeness (QED) is 0.572. The van der Waals surface area contributed by atoms with Gasteiger partial charge in [0.05, 0.1) is 42.7 Å². The lowest BCUT2D eigenvalue weighted by Gasteiger charge is -2.29. The van der Waals surface area contributed by atoms with Crippen molar-refractivity contribution >= 4 is 23.0 Å². The Hall–Kier alpha value is -2.19. The molecule has 0 amide bonds. The first-order chi connectivity index (χ1) is 13.6. The van der Waals surface area contributed by atoms with E-state index in [4.69, 9.17) is 4.74 Å². The van der Waals surface area contributed by atoms with Crippen molar-refractivity contribution in [2.75, 3.05) is 37.7 Å². The number of ether oxygens (including phenoxy) is 1. The van der Waals surface area contributed by atoms with Gasteiger partial charge in [-0.1, -0.05) is 6.07 Å². The minimum atomic E-state index is -0.205. The molecule has 0 spiro atoms. The van der Waals surface area contributed by atoms with Gasteiger partial charge in [-0.15, -0.1) is 11.3 Å². The van der Waals surface area contributed by atoms with Crippen molar-refractivity contribution in [1.82, 2.24) is 15.6 Å². The topological polar surface area (TPSA) is 61.8 Å². The Balaban J connectivity index is 1.63. The third-order valence-corrected chi connectivity index (χ3v) is 5.62. The number of nitrogens with one attached hydrogen (secondary N) is 2. The maximum Gasteiger partial charge on any atom is 0.191 e. The molecule has 28 heavy (non-hydrogen) atoms. The number of aliphatic imine (C=N–C) groups is 1. The fourth-order valence-electron chi connectivity index (χ4n) is 3.12. The molecule has 1 aliphatic heterocycles. The Morgan fingerprint density at radius 2 is 2.07 bits per heavy atom. The molecule has 1 aromatic carbocycles. The van der Waals surface area contributed by atoms with Crippen molar-refractivity contribution in [1.29, 1.82) is 0 Å². The smallest absolute Gasteiger partial charge is 0.191 e. The minimum absolute atomic E-state index is 0.205. The van der Waals surface area contributed by atoms with Crippen LogP contribution in [0.4, 0.5) is 10.1 Å². The molecule has 1 aromatic heterocycles. The second kappa shape index (κ2) is 9.84. The lowest BCUT2D eigenvalue weighted by atomic mass is 10.1. The lowest BCUT2D eigenvalue weighted by molar-refractivity contribution is 0.122. The van der Waals surface area contributed by atoms with Crippen molar-refractivity contribution in [3.63, 3.8) is 0 Å². The molecule has 2 heterocycles. The number of hydrogen-bond donors (Lipinski definition) is 2. The Labute approximate surface area is 169 Å². The van der Waals surface area contributed by atoms with E-state index in [9.17, 15) is 4.39 Å². The molecule has 0 aliphatic carbocycles. The van der Waals surface area contributed by atoms with E-state index in [1.165, 1.54) is 4.88 Å². The Bertz CT molecular complexity index is 817. The summed E-state index contributed by atoms with van der Waals surface area (Å²) in [7, 11) is 0. The summed E-state index contributed by atoms with van der Waals surface area (Å²) in [5.41, 5.74) is 2.53. The van der Waals surface area contributed by atoms with Crippen molar-refractivity contribution < 1.29 is 9.13 Å². The van der Waals surface area contributed by atoms with E-state index in [0.717, 1.165) is 35.9 Å². The number of hydrogen-bond acceptors (Lipinski definition) is 5. The summed E-state index contributed by atoms with van der Waals surface area (Å²) in [6.07, 6.45) is 0. The normalized spacial score (nSPS) is 15.0. The molecule has 0 bridgehead atoms. The number of aryl methyl sites for hydroxylation is 2. The summed E-state index contributed by atoms with van der Waals surface area (Å²) in [6, 6.07) is 5.36. The number of aromatic nitrogens is 1. The molecule has 152 valence electrons. The third-order valence-electron chi connectivity index (χ3n) is 4.54. The predicted octanol–water partition coefficient (Wildman–Crippen LogP) is 2.99. The highest BCUT2D eigenvalue weighted by atomic mass is 32.1. The molecular weight excluding hydrogens is 377 g/mol. The Kier molecular flexibility index (Phi) is 7.22. The molecule has 6 nitrogen and oxygen atoms in total. The van der Waals surface area contributed by atoms with E-state index in [1.54, 1.807) is 17.4 Å². The summed E-state index contributed by atoms with van der Waals surface area (Å²) in [5, 5.41) is 7.63. The van der Waals surface area contributed by atoms with E-state index in [2.05, 4.69) is 20.6 Å². The van der Waals surface area contributed by atoms with Gasteiger partial charge in [0.1, 0.15) is 5.82 Å². The van der Waals surface area contributed by atoms with Crippen LogP contribution >= 0.6 is 11.3 Å². The number of anilines is 1. The Morgan fingerprint density at radius 1 is 1.29 bits per heavy atom. The van der Waals surface area contributed by atoms with E-state index < -0.39 is 0 Å². The van der Waals surface area contributed by atoms with Crippen LogP contribution in [0.3, 0.4) is 0 Å².